The molecule has 108 valence electrons. The van der Waals surface area contributed by atoms with Gasteiger partial charge in [-0.2, -0.15) is 13.2 Å². The molecule has 0 radical (unpaired) electrons. The van der Waals surface area contributed by atoms with E-state index in [1.807, 2.05) is 0 Å². The summed E-state index contributed by atoms with van der Waals surface area (Å²) < 4.78 is 38.7. The highest BCUT2D eigenvalue weighted by Crippen LogP contribution is 2.54. The van der Waals surface area contributed by atoms with Crippen molar-refractivity contribution in [2.24, 2.45) is 5.41 Å². The first kappa shape index (κ1) is 13.7. The minimum atomic E-state index is -4.35. The Morgan fingerprint density at radius 3 is 2.70 bits per heavy atom. The standard InChI is InChI=1S/C16H17F3O/c1-15-7-3-2-4-13(15)12-8-10(16(17,18)19)5-6-11(12)14(20)9-15/h5-6,8,13H,2-4,7,9H2,1H3/t13-,15+/m1/s1. The van der Waals surface area contributed by atoms with Crippen LogP contribution < -0.4 is 0 Å². The van der Waals surface area contributed by atoms with Gasteiger partial charge in [-0.15, -0.1) is 0 Å². The zero-order valence-electron chi connectivity index (χ0n) is 11.4. The summed E-state index contributed by atoms with van der Waals surface area (Å²) in [5.74, 6) is 0.0839. The molecule has 3 rings (SSSR count). The number of rotatable bonds is 0. The predicted octanol–water partition coefficient (Wildman–Crippen LogP) is 4.96. The summed E-state index contributed by atoms with van der Waals surface area (Å²) in [7, 11) is 0. The Labute approximate surface area is 116 Å². The van der Waals surface area contributed by atoms with Gasteiger partial charge < -0.3 is 0 Å². The van der Waals surface area contributed by atoms with Gasteiger partial charge in [0.15, 0.2) is 5.78 Å². The van der Waals surface area contributed by atoms with Crippen LogP contribution in [0.4, 0.5) is 13.2 Å². The van der Waals surface area contributed by atoms with Gasteiger partial charge in [0.25, 0.3) is 0 Å². The van der Waals surface area contributed by atoms with Crippen molar-refractivity contribution in [3.63, 3.8) is 0 Å². The largest absolute Gasteiger partial charge is 0.416 e. The first-order valence-electron chi connectivity index (χ1n) is 7.06. The molecule has 0 saturated heterocycles. The van der Waals surface area contributed by atoms with E-state index in [-0.39, 0.29) is 17.1 Å². The maximum absolute atomic E-state index is 12.9. The van der Waals surface area contributed by atoms with Crippen molar-refractivity contribution in [2.45, 2.75) is 51.1 Å². The van der Waals surface area contributed by atoms with E-state index in [2.05, 4.69) is 6.92 Å². The van der Waals surface area contributed by atoms with Gasteiger partial charge in [-0.1, -0.05) is 25.8 Å². The quantitative estimate of drug-likeness (QED) is 0.657. The molecular formula is C16H17F3O. The van der Waals surface area contributed by atoms with Crippen molar-refractivity contribution in [3.05, 3.63) is 34.9 Å². The molecule has 2 atom stereocenters. The van der Waals surface area contributed by atoms with E-state index in [4.69, 9.17) is 0 Å². The van der Waals surface area contributed by atoms with E-state index >= 15 is 0 Å². The molecule has 1 nitrogen and oxygen atoms in total. The van der Waals surface area contributed by atoms with Crippen molar-refractivity contribution >= 4 is 5.78 Å². The topological polar surface area (TPSA) is 17.1 Å². The van der Waals surface area contributed by atoms with Crippen LogP contribution in [0.3, 0.4) is 0 Å². The molecule has 4 heteroatoms. The third kappa shape index (κ3) is 2.05. The third-order valence-corrected chi connectivity index (χ3v) is 4.95. The first-order chi connectivity index (χ1) is 9.31. The van der Waals surface area contributed by atoms with Gasteiger partial charge in [-0.3, -0.25) is 4.79 Å². The van der Waals surface area contributed by atoms with Crippen LogP contribution in [0, 0.1) is 5.41 Å². The van der Waals surface area contributed by atoms with Crippen LogP contribution in [-0.4, -0.2) is 5.78 Å². The molecule has 2 aliphatic rings. The van der Waals surface area contributed by atoms with Crippen molar-refractivity contribution < 1.29 is 18.0 Å². The molecule has 0 aliphatic heterocycles. The smallest absolute Gasteiger partial charge is 0.294 e. The number of hydrogen-bond donors (Lipinski definition) is 0. The van der Waals surface area contributed by atoms with E-state index in [1.54, 1.807) is 0 Å². The summed E-state index contributed by atoms with van der Waals surface area (Å²) in [6.07, 6.45) is 0.0342. The van der Waals surface area contributed by atoms with Crippen molar-refractivity contribution in [3.8, 4) is 0 Å². The summed E-state index contributed by atoms with van der Waals surface area (Å²) >= 11 is 0. The average Bonchev–Trinajstić information content (AvgIpc) is 2.36. The number of carbonyl (C=O) groups is 1. The van der Waals surface area contributed by atoms with Crippen LogP contribution in [0.15, 0.2) is 18.2 Å². The van der Waals surface area contributed by atoms with Gasteiger partial charge in [0.05, 0.1) is 5.56 Å². The summed E-state index contributed by atoms with van der Waals surface area (Å²) in [6.45, 7) is 2.05. The van der Waals surface area contributed by atoms with Crippen LogP contribution in [0.5, 0.6) is 0 Å². The van der Waals surface area contributed by atoms with E-state index in [9.17, 15) is 18.0 Å². The molecule has 2 aliphatic carbocycles. The lowest BCUT2D eigenvalue weighted by atomic mass is 9.58. The number of Topliss-reactive ketones (excluding diaryl/α,β-unsaturated/α-hetero) is 1. The molecule has 0 spiro atoms. The van der Waals surface area contributed by atoms with Crippen molar-refractivity contribution in [2.75, 3.05) is 0 Å². The molecular weight excluding hydrogens is 265 g/mol. The fourth-order valence-corrected chi connectivity index (χ4v) is 3.89. The molecule has 0 heterocycles. The Bertz CT molecular complexity index is 561. The number of halogens is 3. The molecule has 0 amide bonds. The van der Waals surface area contributed by atoms with Gasteiger partial charge in [0, 0.05) is 12.0 Å². The third-order valence-electron chi connectivity index (χ3n) is 4.95. The van der Waals surface area contributed by atoms with E-state index < -0.39 is 11.7 Å². The van der Waals surface area contributed by atoms with E-state index in [0.717, 1.165) is 31.7 Å². The van der Waals surface area contributed by atoms with Crippen LogP contribution in [0.25, 0.3) is 0 Å². The maximum atomic E-state index is 12.9. The number of hydrogen-bond acceptors (Lipinski definition) is 1. The number of ketones is 1. The second-order valence-corrected chi connectivity index (χ2v) is 6.35. The molecule has 0 aromatic heterocycles. The lowest BCUT2D eigenvalue weighted by molar-refractivity contribution is -0.137. The highest BCUT2D eigenvalue weighted by Gasteiger charge is 2.45. The number of benzene rings is 1. The first-order valence-corrected chi connectivity index (χ1v) is 7.06. The highest BCUT2D eigenvalue weighted by molar-refractivity contribution is 5.99. The average molecular weight is 282 g/mol. The minimum Gasteiger partial charge on any atom is -0.294 e. The monoisotopic (exact) mass is 282 g/mol. The SMILES string of the molecule is C[C@@]12CCCC[C@@H]1c1cc(C(F)(F)F)ccc1C(=O)C2. The lowest BCUT2D eigenvalue weighted by Crippen LogP contribution is -2.37. The van der Waals surface area contributed by atoms with Gasteiger partial charge in [-0.05, 0) is 41.9 Å². The Kier molecular flexibility index (Phi) is 2.96. The molecule has 1 fully saturated rings. The number of fused-ring (bicyclic) bond motifs is 3. The van der Waals surface area contributed by atoms with Crippen molar-refractivity contribution in [1.82, 2.24) is 0 Å². The van der Waals surface area contributed by atoms with Crippen LogP contribution >= 0.6 is 0 Å². The second kappa shape index (κ2) is 4.34. The van der Waals surface area contributed by atoms with Gasteiger partial charge in [0.1, 0.15) is 0 Å². The van der Waals surface area contributed by atoms with E-state index in [0.29, 0.717) is 17.5 Å². The number of carbonyl (C=O) groups excluding carboxylic acids is 1. The zero-order chi connectivity index (χ0) is 14.5. The van der Waals surface area contributed by atoms with Gasteiger partial charge in [0.2, 0.25) is 0 Å². The summed E-state index contributed by atoms with van der Waals surface area (Å²) in [5, 5.41) is 0. The maximum Gasteiger partial charge on any atom is 0.416 e. The molecule has 0 unspecified atom stereocenters. The van der Waals surface area contributed by atoms with Crippen LogP contribution in [0.2, 0.25) is 0 Å². The van der Waals surface area contributed by atoms with Crippen molar-refractivity contribution in [1.29, 1.82) is 0 Å². The molecule has 20 heavy (non-hydrogen) atoms. The fraction of sp³-hybridized carbons (Fsp3) is 0.562. The highest BCUT2D eigenvalue weighted by atomic mass is 19.4. The minimum absolute atomic E-state index is 0.00521. The summed E-state index contributed by atoms with van der Waals surface area (Å²) in [4.78, 5) is 12.2. The molecule has 0 N–H and O–H groups in total. The van der Waals surface area contributed by atoms with E-state index in [1.165, 1.54) is 12.1 Å². The normalized spacial score (nSPS) is 29.8. The zero-order valence-corrected chi connectivity index (χ0v) is 11.4. The Morgan fingerprint density at radius 1 is 1.25 bits per heavy atom. The van der Waals surface area contributed by atoms with Gasteiger partial charge in [-0.25, -0.2) is 0 Å². The Balaban J connectivity index is 2.13. The Hall–Kier alpha value is -1.32. The number of alkyl halides is 3. The summed E-state index contributed by atoms with van der Waals surface area (Å²) in [5.41, 5.74) is 0.326. The lowest BCUT2D eigenvalue weighted by Gasteiger charge is -2.45. The summed E-state index contributed by atoms with van der Waals surface area (Å²) in [6, 6.07) is 3.61. The van der Waals surface area contributed by atoms with Gasteiger partial charge >= 0.3 is 6.18 Å². The fourth-order valence-electron chi connectivity index (χ4n) is 3.89. The van der Waals surface area contributed by atoms with Crippen LogP contribution in [-0.2, 0) is 6.18 Å². The van der Waals surface area contributed by atoms with Crippen LogP contribution in [0.1, 0.15) is 66.4 Å². The predicted molar refractivity (Wildman–Crippen MR) is 69.7 cm³/mol. The second-order valence-electron chi connectivity index (χ2n) is 6.35. The molecule has 1 aromatic carbocycles. The molecule has 1 saturated carbocycles. The molecule has 1 aromatic rings. The Morgan fingerprint density at radius 2 is 2.00 bits per heavy atom. The molecule has 0 bridgehead atoms.